The number of fused-ring (bicyclic) bond motifs is 1. The van der Waals surface area contributed by atoms with Crippen LogP contribution in [0.4, 0.5) is 0 Å². The van der Waals surface area contributed by atoms with E-state index in [4.69, 9.17) is 0 Å². The molecule has 0 atom stereocenters. The zero-order valence-corrected chi connectivity index (χ0v) is 18.1. The maximum Gasteiger partial charge on any atom is 0.253 e. The highest BCUT2D eigenvalue weighted by atomic mass is 32.2. The van der Waals surface area contributed by atoms with E-state index in [1.165, 1.54) is 0 Å². The van der Waals surface area contributed by atoms with E-state index in [2.05, 4.69) is 41.0 Å². The van der Waals surface area contributed by atoms with E-state index < -0.39 is 0 Å². The van der Waals surface area contributed by atoms with Gasteiger partial charge in [-0.1, -0.05) is 0 Å². The van der Waals surface area contributed by atoms with Crippen molar-refractivity contribution in [1.82, 2.24) is 14.9 Å². The first-order valence-corrected chi connectivity index (χ1v) is 10.6. The molecule has 0 saturated heterocycles. The van der Waals surface area contributed by atoms with Crippen LogP contribution < -0.4 is 10.9 Å². The summed E-state index contributed by atoms with van der Waals surface area (Å²) < 4.78 is 2.20. The zero-order chi connectivity index (χ0) is 20.6. The number of thioether (sulfide) groups is 1. The third-order valence-corrected chi connectivity index (χ3v) is 5.76. The van der Waals surface area contributed by atoms with Gasteiger partial charge in [0.1, 0.15) is 0 Å². The summed E-state index contributed by atoms with van der Waals surface area (Å²) in [5.41, 5.74) is 4.93. The Morgan fingerprint density at radius 3 is 2.50 bits per heavy atom. The van der Waals surface area contributed by atoms with Crippen molar-refractivity contribution in [1.29, 1.82) is 0 Å². The van der Waals surface area contributed by atoms with Crippen LogP contribution in [0.5, 0.6) is 0 Å². The van der Waals surface area contributed by atoms with Crippen LogP contribution in [-0.4, -0.2) is 21.7 Å². The van der Waals surface area contributed by atoms with Crippen molar-refractivity contribution in [3.63, 3.8) is 0 Å². The molecule has 0 aliphatic rings. The summed E-state index contributed by atoms with van der Waals surface area (Å²) >= 11 is 1.62. The number of rotatable bonds is 5. The second-order valence-electron chi connectivity index (χ2n) is 7.51. The molecule has 1 amide bonds. The van der Waals surface area contributed by atoms with E-state index in [-0.39, 0.29) is 18.0 Å². The van der Waals surface area contributed by atoms with E-state index in [0.29, 0.717) is 17.2 Å². The van der Waals surface area contributed by atoms with Crippen LogP contribution in [-0.2, 0) is 6.54 Å². The molecule has 0 bridgehead atoms. The molecule has 0 aliphatic heterocycles. The third kappa shape index (κ3) is 3.74. The maximum atomic E-state index is 13.1. The predicted octanol–water partition coefficient (Wildman–Crippen LogP) is 4.49. The summed E-state index contributed by atoms with van der Waals surface area (Å²) in [5, 5.41) is 3.92. The topological polar surface area (TPSA) is 66.9 Å². The van der Waals surface area contributed by atoms with Crippen LogP contribution in [0.3, 0.4) is 0 Å². The van der Waals surface area contributed by atoms with Crippen LogP contribution in [0.25, 0.3) is 10.9 Å². The van der Waals surface area contributed by atoms with Crippen molar-refractivity contribution in [3.05, 3.63) is 62.7 Å². The molecule has 0 spiro atoms. The molecular weight excluding hydrogens is 370 g/mol. The Morgan fingerprint density at radius 2 is 1.89 bits per heavy atom. The van der Waals surface area contributed by atoms with Crippen LogP contribution in [0, 0.1) is 20.8 Å². The standard InChI is InChI=1S/C22H27N3O2S/c1-12(2)25-11-14(4)20-17(8-16(28-6)9-19(20)25)21(26)23-10-18-13(3)7-15(5)24-22(18)27/h7-9,11-12H,10H2,1-6H3,(H,23,26)(H,24,27). The number of aryl methyl sites for hydroxylation is 3. The Labute approximate surface area is 169 Å². The number of nitrogens with one attached hydrogen (secondary N) is 2. The summed E-state index contributed by atoms with van der Waals surface area (Å²) in [7, 11) is 0. The van der Waals surface area contributed by atoms with Gasteiger partial charge in [-0.25, -0.2) is 0 Å². The number of hydrogen-bond donors (Lipinski definition) is 2. The van der Waals surface area contributed by atoms with E-state index >= 15 is 0 Å². The van der Waals surface area contributed by atoms with E-state index in [0.717, 1.165) is 32.6 Å². The number of carbonyl (C=O) groups excluding carboxylic acids is 1. The van der Waals surface area contributed by atoms with Gasteiger partial charge in [-0.2, -0.15) is 0 Å². The van der Waals surface area contributed by atoms with Gasteiger partial charge in [0.15, 0.2) is 0 Å². The van der Waals surface area contributed by atoms with E-state index in [1.807, 2.05) is 39.2 Å². The summed E-state index contributed by atoms with van der Waals surface area (Å²) in [4.78, 5) is 29.2. The van der Waals surface area contributed by atoms with Gasteiger partial charge >= 0.3 is 0 Å². The molecule has 0 unspecified atom stereocenters. The lowest BCUT2D eigenvalue weighted by Gasteiger charge is -2.13. The molecular formula is C22H27N3O2S. The number of hydrogen-bond acceptors (Lipinski definition) is 3. The number of aromatic amines is 1. The predicted molar refractivity (Wildman–Crippen MR) is 117 cm³/mol. The minimum absolute atomic E-state index is 0.150. The maximum absolute atomic E-state index is 13.1. The van der Waals surface area contributed by atoms with Gasteiger partial charge in [-0.3, -0.25) is 9.59 Å². The van der Waals surface area contributed by atoms with Gasteiger partial charge in [-0.05, 0) is 70.2 Å². The fourth-order valence-electron chi connectivity index (χ4n) is 3.65. The highest BCUT2D eigenvalue weighted by molar-refractivity contribution is 7.98. The van der Waals surface area contributed by atoms with Crippen molar-refractivity contribution in [3.8, 4) is 0 Å². The van der Waals surface area contributed by atoms with Crippen molar-refractivity contribution >= 4 is 28.6 Å². The van der Waals surface area contributed by atoms with Crippen LogP contribution >= 0.6 is 11.8 Å². The Balaban J connectivity index is 2.01. The number of carbonyl (C=O) groups is 1. The van der Waals surface area contributed by atoms with Crippen LogP contribution in [0.2, 0.25) is 0 Å². The van der Waals surface area contributed by atoms with Crippen molar-refractivity contribution in [2.75, 3.05) is 6.26 Å². The number of amides is 1. The van der Waals surface area contributed by atoms with Crippen molar-refractivity contribution in [2.24, 2.45) is 0 Å². The normalized spacial score (nSPS) is 11.4. The third-order valence-electron chi connectivity index (χ3n) is 5.05. The zero-order valence-electron chi connectivity index (χ0n) is 17.3. The molecule has 148 valence electrons. The largest absolute Gasteiger partial charge is 0.348 e. The monoisotopic (exact) mass is 397 g/mol. The fraction of sp³-hybridized carbons (Fsp3) is 0.364. The van der Waals surface area contributed by atoms with Crippen molar-refractivity contribution < 1.29 is 4.79 Å². The summed E-state index contributed by atoms with van der Waals surface area (Å²) in [6.45, 7) is 10.3. The number of aromatic nitrogens is 2. The van der Waals surface area contributed by atoms with Crippen LogP contribution in [0.15, 0.2) is 34.1 Å². The summed E-state index contributed by atoms with van der Waals surface area (Å²) in [6.07, 6.45) is 4.11. The molecule has 0 radical (unpaired) electrons. The number of pyridine rings is 1. The highest BCUT2D eigenvalue weighted by Crippen LogP contribution is 2.31. The van der Waals surface area contributed by atoms with Gasteiger partial charge in [0, 0.05) is 40.3 Å². The van der Waals surface area contributed by atoms with Crippen LogP contribution in [0.1, 0.15) is 52.6 Å². The SMILES string of the molecule is CSc1cc(C(=O)NCc2c(C)cc(C)[nH]c2=O)c2c(C)cn(C(C)C)c2c1. The van der Waals surface area contributed by atoms with Gasteiger partial charge in [0.25, 0.3) is 11.5 Å². The summed E-state index contributed by atoms with van der Waals surface area (Å²) in [6, 6.07) is 6.30. The first-order valence-electron chi connectivity index (χ1n) is 9.39. The second-order valence-corrected chi connectivity index (χ2v) is 8.39. The Kier molecular flexibility index (Phi) is 5.70. The molecule has 2 aromatic heterocycles. The molecule has 0 saturated carbocycles. The average molecular weight is 398 g/mol. The van der Waals surface area contributed by atoms with Gasteiger partial charge in [0.05, 0.1) is 11.1 Å². The Hall–Kier alpha value is -2.47. The molecule has 2 N–H and O–H groups in total. The lowest BCUT2D eigenvalue weighted by Crippen LogP contribution is -2.28. The van der Waals surface area contributed by atoms with E-state index in [9.17, 15) is 9.59 Å². The molecule has 0 fully saturated rings. The molecule has 28 heavy (non-hydrogen) atoms. The lowest BCUT2D eigenvalue weighted by molar-refractivity contribution is 0.0952. The van der Waals surface area contributed by atoms with Gasteiger partial charge < -0.3 is 14.9 Å². The highest BCUT2D eigenvalue weighted by Gasteiger charge is 2.18. The Morgan fingerprint density at radius 1 is 1.18 bits per heavy atom. The number of nitrogens with zero attached hydrogens (tertiary/aromatic N) is 1. The van der Waals surface area contributed by atoms with Crippen molar-refractivity contribution in [2.45, 2.75) is 52.1 Å². The van der Waals surface area contributed by atoms with Gasteiger partial charge in [-0.15, -0.1) is 11.8 Å². The van der Waals surface area contributed by atoms with Gasteiger partial charge in [0.2, 0.25) is 0 Å². The lowest BCUT2D eigenvalue weighted by atomic mass is 10.1. The minimum atomic E-state index is -0.162. The first-order chi connectivity index (χ1) is 13.2. The molecule has 2 heterocycles. The average Bonchev–Trinajstić information content (AvgIpc) is 2.96. The first kappa shape index (κ1) is 20.3. The molecule has 6 heteroatoms. The number of benzene rings is 1. The molecule has 3 rings (SSSR count). The molecule has 3 aromatic rings. The Bertz CT molecular complexity index is 1110. The minimum Gasteiger partial charge on any atom is -0.348 e. The quantitative estimate of drug-likeness (QED) is 0.624. The smallest absolute Gasteiger partial charge is 0.253 e. The molecule has 5 nitrogen and oxygen atoms in total. The summed E-state index contributed by atoms with van der Waals surface area (Å²) in [5.74, 6) is -0.162. The second kappa shape index (κ2) is 7.87. The molecule has 1 aromatic carbocycles. The van der Waals surface area contributed by atoms with E-state index in [1.54, 1.807) is 11.8 Å². The number of H-pyrrole nitrogens is 1. The fourth-order valence-corrected chi connectivity index (χ4v) is 4.12. The molecule has 0 aliphatic carbocycles.